The fraction of sp³-hybridized carbons (Fsp3) is 0.273. The monoisotopic (exact) mass is 220 g/mol. The Kier molecular flexibility index (Phi) is 2.97. The van der Waals surface area contributed by atoms with Gasteiger partial charge in [0.25, 0.3) is 5.56 Å². The third-order valence-corrected chi connectivity index (χ3v) is 3.40. The second kappa shape index (κ2) is 4.40. The molecule has 0 aliphatic heterocycles. The Morgan fingerprint density at radius 2 is 2.13 bits per heavy atom. The highest BCUT2D eigenvalue weighted by molar-refractivity contribution is 7.11. The van der Waals surface area contributed by atoms with Gasteiger partial charge in [-0.25, -0.2) is 4.98 Å². The summed E-state index contributed by atoms with van der Waals surface area (Å²) >= 11 is 1.75. The Morgan fingerprint density at radius 1 is 1.33 bits per heavy atom. The van der Waals surface area contributed by atoms with Gasteiger partial charge < -0.3 is 0 Å². The molecule has 0 spiro atoms. The number of hydrogen-bond donors (Lipinski definition) is 0. The molecule has 0 atom stereocenters. The molecule has 15 heavy (non-hydrogen) atoms. The minimum atomic E-state index is -0.00329. The van der Waals surface area contributed by atoms with E-state index >= 15 is 0 Å². The highest BCUT2D eigenvalue weighted by atomic mass is 32.1. The molecule has 0 saturated carbocycles. The number of rotatable bonds is 3. The average Bonchev–Trinajstić information content (AvgIpc) is 2.69. The van der Waals surface area contributed by atoms with Gasteiger partial charge in [-0.05, 0) is 18.6 Å². The van der Waals surface area contributed by atoms with Crippen molar-refractivity contribution < 1.29 is 0 Å². The smallest absolute Gasteiger partial charge is 0.253 e. The van der Waals surface area contributed by atoms with Crippen LogP contribution in [-0.4, -0.2) is 9.55 Å². The fourth-order valence-electron chi connectivity index (χ4n) is 1.36. The van der Waals surface area contributed by atoms with Crippen LogP contribution in [0, 0.1) is 0 Å². The van der Waals surface area contributed by atoms with Gasteiger partial charge >= 0.3 is 0 Å². The first kappa shape index (κ1) is 10.1. The van der Waals surface area contributed by atoms with Crippen LogP contribution in [0.25, 0.3) is 0 Å². The van der Waals surface area contributed by atoms with Crippen LogP contribution in [0.3, 0.4) is 0 Å². The molecule has 2 aromatic heterocycles. The van der Waals surface area contributed by atoms with Crippen LogP contribution >= 0.6 is 11.3 Å². The van der Waals surface area contributed by atoms with E-state index in [1.807, 2.05) is 0 Å². The molecule has 0 aromatic carbocycles. The minimum Gasteiger partial charge on any atom is -0.294 e. The molecule has 2 rings (SSSR count). The van der Waals surface area contributed by atoms with Gasteiger partial charge in [0.15, 0.2) is 0 Å². The number of hydrogen-bond acceptors (Lipinski definition) is 3. The van der Waals surface area contributed by atoms with Crippen LogP contribution < -0.4 is 5.56 Å². The summed E-state index contributed by atoms with van der Waals surface area (Å²) in [5, 5.41) is 0. The maximum atomic E-state index is 11.4. The Labute approximate surface area is 92.0 Å². The maximum absolute atomic E-state index is 11.4. The summed E-state index contributed by atoms with van der Waals surface area (Å²) in [5.74, 6) is 0. The SMILES string of the molecule is CCc1ccc(Cn2cnccc2=O)s1. The van der Waals surface area contributed by atoms with Crippen molar-refractivity contribution in [1.82, 2.24) is 9.55 Å². The first-order chi connectivity index (χ1) is 7.29. The van der Waals surface area contributed by atoms with E-state index in [-0.39, 0.29) is 5.56 Å². The highest BCUT2D eigenvalue weighted by Gasteiger charge is 2.00. The standard InChI is InChI=1S/C11H12N2OS/c1-2-9-3-4-10(15-9)7-13-8-12-6-5-11(13)14/h3-6,8H,2,7H2,1H3. The van der Waals surface area contributed by atoms with Gasteiger partial charge in [-0.2, -0.15) is 0 Å². The Morgan fingerprint density at radius 3 is 2.80 bits per heavy atom. The fourth-order valence-corrected chi connectivity index (χ4v) is 2.32. The molecule has 0 saturated heterocycles. The minimum absolute atomic E-state index is 0.00329. The predicted molar refractivity (Wildman–Crippen MR) is 61.3 cm³/mol. The lowest BCUT2D eigenvalue weighted by Crippen LogP contribution is -2.18. The van der Waals surface area contributed by atoms with E-state index in [0.29, 0.717) is 6.54 Å². The van der Waals surface area contributed by atoms with Crippen molar-refractivity contribution in [2.45, 2.75) is 19.9 Å². The molecule has 0 radical (unpaired) electrons. The van der Waals surface area contributed by atoms with Gasteiger partial charge in [0.05, 0.1) is 12.9 Å². The summed E-state index contributed by atoms with van der Waals surface area (Å²) < 4.78 is 1.62. The Bertz CT molecular complexity index is 501. The Balaban J connectivity index is 2.22. The molecule has 2 heterocycles. The Hall–Kier alpha value is -1.42. The molecule has 4 heteroatoms. The van der Waals surface area contributed by atoms with Crippen molar-refractivity contribution in [3.05, 3.63) is 50.8 Å². The molecule has 0 bridgehead atoms. The third kappa shape index (κ3) is 2.33. The molecule has 2 aromatic rings. The topological polar surface area (TPSA) is 34.9 Å². The predicted octanol–water partition coefficient (Wildman–Crippen LogP) is 1.92. The van der Waals surface area contributed by atoms with Crippen molar-refractivity contribution >= 4 is 11.3 Å². The van der Waals surface area contributed by atoms with Crippen molar-refractivity contribution in [2.24, 2.45) is 0 Å². The van der Waals surface area contributed by atoms with E-state index in [4.69, 9.17) is 0 Å². The van der Waals surface area contributed by atoms with Gasteiger partial charge in [-0.1, -0.05) is 6.92 Å². The van der Waals surface area contributed by atoms with E-state index < -0.39 is 0 Å². The van der Waals surface area contributed by atoms with E-state index in [1.54, 1.807) is 22.2 Å². The lowest BCUT2D eigenvalue weighted by Gasteiger charge is -2.00. The quantitative estimate of drug-likeness (QED) is 0.792. The summed E-state index contributed by atoms with van der Waals surface area (Å²) in [4.78, 5) is 17.9. The molecular weight excluding hydrogens is 208 g/mol. The zero-order chi connectivity index (χ0) is 10.7. The number of aryl methyl sites for hydroxylation is 1. The number of nitrogens with zero attached hydrogens (tertiary/aromatic N) is 2. The normalized spacial score (nSPS) is 10.5. The zero-order valence-electron chi connectivity index (χ0n) is 8.51. The molecule has 0 fully saturated rings. The molecule has 0 aliphatic rings. The third-order valence-electron chi connectivity index (χ3n) is 2.18. The second-order valence-electron chi connectivity index (χ2n) is 3.27. The van der Waals surface area contributed by atoms with Gasteiger partial charge in [0, 0.05) is 22.0 Å². The van der Waals surface area contributed by atoms with Crippen LogP contribution in [0.4, 0.5) is 0 Å². The van der Waals surface area contributed by atoms with Crippen molar-refractivity contribution in [2.75, 3.05) is 0 Å². The van der Waals surface area contributed by atoms with Crippen LogP contribution in [0.1, 0.15) is 16.7 Å². The summed E-state index contributed by atoms with van der Waals surface area (Å²) in [7, 11) is 0. The van der Waals surface area contributed by atoms with Crippen molar-refractivity contribution in [3.63, 3.8) is 0 Å². The molecule has 0 unspecified atom stereocenters. The highest BCUT2D eigenvalue weighted by Crippen LogP contribution is 2.17. The first-order valence-electron chi connectivity index (χ1n) is 4.87. The van der Waals surface area contributed by atoms with Gasteiger partial charge in [-0.3, -0.25) is 9.36 Å². The molecule has 0 amide bonds. The van der Waals surface area contributed by atoms with E-state index in [9.17, 15) is 4.79 Å². The van der Waals surface area contributed by atoms with E-state index in [1.165, 1.54) is 22.0 Å². The molecular formula is C11H12N2OS. The average molecular weight is 220 g/mol. The summed E-state index contributed by atoms with van der Waals surface area (Å²) in [6.07, 6.45) is 4.14. The van der Waals surface area contributed by atoms with E-state index in [2.05, 4.69) is 24.0 Å². The largest absolute Gasteiger partial charge is 0.294 e. The summed E-state index contributed by atoms with van der Waals surface area (Å²) in [5.41, 5.74) is -0.00329. The van der Waals surface area contributed by atoms with Gasteiger partial charge in [0.2, 0.25) is 0 Å². The zero-order valence-corrected chi connectivity index (χ0v) is 9.33. The lowest BCUT2D eigenvalue weighted by atomic mass is 10.3. The first-order valence-corrected chi connectivity index (χ1v) is 5.69. The van der Waals surface area contributed by atoms with Crippen LogP contribution in [0.5, 0.6) is 0 Å². The van der Waals surface area contributed by atoms with Crippen LogP contribution in [0.15, 0.2) is 35.5 Å². The number of aromatic nitrogens is 2. The van der Waals surface area contributed by atoms with Crippen LogP contribution in [-0.2, 0) is 13.0 Å². The molecule has 3 nitrogen and oxygen atoms in total. The molecule has 78 valence electrons. The number of thiophene rings is 1. The molecule has 0 N–H and O–H groups in total. The van der Waals surface area contributed by atoms with Crippen molar-refractivity contribution in [1.29, 1.82) is 0 Å². The maximum Gasteiger partial charge on any atom is 0.253 e. The summed E-state index contributed by atoms with van der Waals surface area (Å²) in [6.45, 7) is 2.75. The van der Waals surface area contributed by atoms with Crippen LogP contribution in [0.2, 0.25) is 0 Å². The lowest BCUT2D eigenvalue weighted by molar-refractivity contribution is 0.745. The van der Waals surface area contributed by atoms with Gasteiger partial charge in [-0.15, -0.1) is 11.3 Å². The van der Waals surface area contributed by atoms with Crippen molar-refractivity contribution in [3.8, 4) is 0 Å². The van der Waals surface area contributed by atoms with Gasteiger partial charge in [0.1, 0.15) is 0 Å². The van der Waals surface area contributed by atoms with E-state index in [0.717, 1.165) is 6.42 Å². The second-order valence-corrected chi connectivity index (χ2v) is 4.52. The molecule has 0 aliphatic carbocycles. The summed E-state index contributed by atoms with van der Waals surface area (Å²) in [6, 6.07) is 5.67.